The Morgan fingerprint density at radius 1 is 0.769 bits per heavy atom. The van der Waals surface area contributed by atoms with Gasteiger partial charge in [0, 0.05) is 17.7 Å². The Labute approximate surface area is 232 Å². The molecule has 0 aromatic heterocycles. The number of aliphatic hydroxyl groups is 1. The lowest BCUT2D eigenvalue weighted by Crippen LogP contribution is -2.31. The number of rotatable bonds is 16. The summed E-state index contributed by atoms with van der Waals surface area (Å²) in [5.41, 5.74) is 1.07. The second-order valence-corrected chi connectivity index (χ2v) is 10.0. The summed E-state index contributed by atoms with van der Waals surface area (Å²) in [5.74, 6) is 0.160. The van der Waals surface area contributed by atoms with E-state index >= 15 is 0 Å². The number of aliphatic hydroxyl groups excluding tert-OH is 1. The summed E-state index contributed by atoms with van der Waals surface area (Å²) in [6.07, 6.45) is 11.7. The van der Waals surface area contributed by atoms with Gasteiger partial charge in [0.1, 0.15) is 23.0 Å². The van der Waals surface area contributed by atoms with Crippen LogP contribution in [0.3, 0.4) is 0 Å². The van der Waals surface area contributed by atoms with Crippen molar-refractivity contribution in [3.8, 4) is 17.2 Å². The van der Waals surface area contributed by atoms with Crippen LogP contribution in [-0.2, 0) is 9.59 Å². The van der Waals surface area contributed by atoms with Crippen molar-refractivity contribution < 1.29 is 28.9 Å². The third-order valence-electron chi connectivity index (χ3n) is 7.39. The van der Waals surface area contributed by atoms with Crippen molar-refractivity contribution in [3.05, 3.63) is 59.2 Å². The van der Waals surface area contributed by atoms with Crippen LogP contribution >= 0.6 is 0 Å². The average molecular weight is 538 g/mol. The number of unbranched alkanes of at least 4 members (excludes halogenated alkanes) is 9. The van der Waals surface area contributed by atoms with Gasteiger partial charge in [0.05, 0.1) is 32.9 Å². The smallest absolute Gasteiger partial charge is 0.295 e. The molecule has 0 unspecified atom stereocenters. The number of Topliss-reactive ketones (excluding diaryl/α,β-unsaturated/α-hetero) is 1. The minimum atomic E-state index is -0.796. The Morgan fingerprint density at radius 3 is 1.90 bits per heavy atom. The number of hydrogen-bond acceptors (Lipinski definition) is 6. The highest BCUT2D eigenvalue weighted by Crippen LogP contribution is 2.44. The highest BCUT2D eigenvalue weighted by Gasteiger charge is 2.47. The fraction of sp³-hybridized carbons (Fsp3) is 0.500. The molecule has 0 spiro atoms. The van der Waals surface area contributed by atoms with Crippen molar-refractivity contribution in [2.45, 2.75) is 77.2 Å². The number of carbonyl (C=O) groups is 2. The average Bonchev–Trinajstić information content (AvgIpc) is 3.22. The van der Waals surface area contributed by atoms with Gasteiger partial charge < -0.3 is 24.2 Å². The minimum Gasteiger partial charge on any atom is -0.507 e. The molecule has 212 valence electrons. The van der Waals surface area contributed by atoms with Crippen molar-refractivity contribution in [2.75, 3.05) is 27.9 Å². The molecule has 0 radical (unpaired) electrons. The molecular formula is C32H43NO6. The van der Waals surface area contributed by atoms with E-state index in [0.29, 0.717) is 34.9 Å². The van der Waals surface area contributed by atoms with Crippen molar-refractivity contribution in [2.24, 2.45) is 0 Å². The number of benzene rings is 2. The molecule has 1 fully saturated rings. The number of methoxy groups -OCH3 is 3. The number of ketones is 1. The number of ether oxygens (including phenoxy) is 3. The van der Waals surface area contributed by atoms with Gasteiger partial charge in [-0.2, -0.15) is 0 Å². The number of nitrogens with zero attached hydrogens (tertiary/aromatic N) is 1. The second kappa shape index (κ2) is 15.2. The number of hydrogen-bond donors (Lipinski definition) is 1. The molecule has 1 N–H and O–H groups in total. The number of likely N-dealkylation sites (tertiary alicyclic amines) is 1. The lowest BCUT2D eigenvalue weighted by Gasteiger charge is -2.27. The first kappa shape index (κ1) is 30.1. The zero-order valence-electron chi connectivity index (χ0n) is 23.8. The van der Waals surface area contributed by atoms with E-state index < -0.39 is 17.7 Å². The predicted octanol–water partition coefficient (Wildman–Crippen LogP) is 7.06. The summed E-state index contributed by atoms with van der Waals surface area (Å²) in [5, 5.41) is 11.3. The monoisotopic (exact) mass is 537 g/mol. The largest absolute Gasteiger partial charge is 0.507 e. The van der Waals surface area contributed by atoms with Gasteiger partial charge in [0.25, 0.3) is 11.7 Å². The maximum atomic E-state index is 13.4. The fourth-order valence-corrected chi connectivity index (χ4v) is 5.16. The van der Waals surface area contributed by atoms with Crippen molar-refractivity contribution in [3.63, 3.8) is 0 Å². The predicted molar refractivity (Wildman–Crippen MR) is 153 cm³/mol. The maximum Gasteiger partial charge on any atom is 0.295 e. The number of carbonyl (C=O) groups excluding carboxylic acids is 2. The molecule has 2 aromatic rings. The van der Waals surface area contributed by atoms with Crippen LogP contribution in [0.5, 0.6) is 17.2 Å². The molecule has 1 aliphatic rings. The highest BCUT2D eigenvalue weighted by molar-refractivity contribution is 6.46. The molecule has 3 rings (SSSR count). The Balaban J connectivity index is 1.84. The molecule has 1 heterocycles. The van der Waals surface area contributed by atoms with Crippen LogP contribution in [0.1, 0.15) is 88.3 Å². The quantitative estimate of drug-likeness (QED) is 0.107. The SMILES string of the molecule is CCCCCCCCCCCCN1C(=O)C(=O)C(=C(O)c2ccc(OC)cc2)[C@@H]1c1cc(OC)ccc1OC. The fourth-order valence-electron chi connectivity index (χ4n) is 5.16. The van der Waals surface area contributed by atoms with Gasteiger partial charge in [-0.1, -0.05) is 64.7 Å². The van der Waals surface area contributed by atoms with E-state index in [-0.39, 0.29) is 11.3 Å². The van der Waals surface area contributed by atoms with Gasteiger partial charge in [-0.25, -0.2) is 0 Å². The van der Waals surface area contributed by atoms with Crippen LogP contribution in [0, 0.1) is 0 Å². The molecule has 0 aliphatic carbocycles. The molecule has 1 aliphatic heterocycles. The van der Waals surface area contributed by atoms with Crippen molar-refractivity contribution in [1.29, 1.82) is 0 Å². The van der Waals surface area contributed by atoms with Gasteiger partial charge in [0.2, 0.25) is 0 Å². The zero-order chi connectivity index (χ0) is 28.2. The van der Waals surface area contributed by atoms with Crippen LogP contribution in [-0.4, -0.2) is 49.6 Å². The normalized spacial score (nSPS) is 16.5. The zero-order valence-corrected chi connectivity index (χ0v) is 23.8. The Hall–Kier alpha value is -3.48. The first-order chi connectivity index (χ1) is 19.0. The van der Waals surface area contributed by atoms with E-state index in [4.69, 9.17) is 14.2 Å². The van der Waals surface area contributed by atoms with E-state index in [0.717, 1.165) is 19.3 Å². The molecule has 1 amide bonds. The van der Waals surface area contributed by atoms with Crippen LogP contribution in [0.15, 0.2) is 48.0 Å². The molecule has 1 atom stereocenters. The second-order valence-electron chi connectivity index (χ2n) is 10.0. The number of amides is 1. The van der Waals surface area contributed by atoms with Crippen LogP contribution in [0.2, 0.25) is 0 Å². The molecule has 7 nitrogen and oxygen atoms in total. The summed E-state index contributed by atoms with van der Waals surface area (Å²) in [4.78, 5) is 28.3. The van der Waals surface area contributed by atoms with Crippen molar-refractivity contribution >= 4 is 17.4 Å². The lowest BCUT2D eigenvalue weighted by atomic mass is 9.94. The summed E-state index contributed by atoms with van der Waals surface area (Å²) < 4.78 is 16.3. The van der Waals surface area contributed by atoms with Crippen LogP contribution in [0.4, 0.5) is 0 Å². The van der Waals surface area contributed by atoms with Gasteiger partial charge in [0.15, 0.2) is 0 Å². The van der Waals surface area contributed by atoms with Crippen LogP contribution in [0.25, 0.3) is 5.76 Å². The summed E-state index contributed by atoms with van der Waals surface area (Å²) in [7, 11) is 4.66. The van der Waals surface area contributed by atoms with E-state index in [1.54, 1.807) is 68.7 Å². The highest BCUT2D eigenvalue weighted by atomic mass is 16.5. The van der Waals surface area contributed by atoms with Crippen LogP contribution < -0.4 is 14.2 Å². The Bertz CT molecular complexity index is 1120. The van der Waals surface area contributed by atoms with E-state index in [1.165, 1.54) is 44.9 Å². The van der Waals surface area contributed by atoms with E-state index in [1.807, 2.05) is 0 Å². The Kier molecular flexibility index (Phi) is 11.7. The van der Waals surface area contributed by atoms with Gasteiger partial charge in [-0.05, 0) is 48.9 Å². The van der Waals surface area contributed by atoms with E-state index in [2.05, 4.69) is 6.92 Å². The molecule has 7 heteroatoms. The maximum absolute atomic E-state index is 13.4. The molecule has 1 saturated heterocycles. The molecular weight excluding hydrogens is 494 g/mol. The summed E-state index contributed by atoms with van der Waals surface area (Å²) in [6, 6.07) is 11.2. The topological polar surface area (TPSA) is 85.3 Å². The van der Waals surface area contributed by atoms with Gasteiger partial charge in [-0.15, -0.1) is 0 Å². The molecule has 0 bridgehead atoms. The van der Waals surface area contributed by atoms with Gasteiger partial charge in [-0.3, -0.25) is 9.59 Å². The third kappa shape index (κ3) is 7.55. The third-order valence-corrected chi connectivity index (χ3v) is 7.39. The molecule has 0 saturated carbocycles. The standard InChI is InChI=1S/C32H43NO6/c1-5-6-7-8-9-10-11-12-13-14-21-33-29(26-22-25(38-3)19-20-27(26)39-4)28(31(35)32(33)36)30(34)23-15-17-24(37-2)18-16-23/h15-20,22,29,34H,5-14,21H2,1-4H3/t29-/m0/s1. The molecule has 2 aromatic carbocycles. The summed E-state index contributed by atoms with van der Waals surface area (Å²) in [6.45, 7) is 2.64. The minimum absolute atomic E-state index is 0.0452. The summed E-state index contributed by atoms with van der Waals surface area (Å²) >= 11 is 0. The Morgan fingerprint density at radius 2 is 1.33 bits per heavy atom. The van der Waals surface area contributed by atoms with E-state index in [9.17, 15) is 14.7 Å². The first-order valence-corrected chi connectivity index (χ1v) is 14.1. The molecule has 39 heavy (non-hydrogen) atoms. The van der Waals surface area contributed by atoms with Gasteiger partial charge >= 0.3 is 0 Å². The van der Waals surface area contributed by atoms with Crippen molar-refractivity contribution in [1.82, 2.24) is 4.90 Å². The lowest BCUT2D eigenvalue weighted by molar-refractivity contribution is -0.139. The first-order valence-electron chi connectivity index (χ1n) is 14.1.